The molecule has 9 rings (SSSR count). The van der Waals surface area contributed by atoms with Gasteiger partial charge in [0.25, 0.3) is 5.91 Å². The van der Waals surface area contributed by atoms with Gasteiger partial charge in [-0.15, -0.1) is 0 Å². The van der Waals surface area contributed by atoms with E-state index >= 15 is 0 Å². The molecule has 318 valence electrons. The minimum atomic E-state index is -0.843. The molecule has 3 amide bonds. The second-order valence-electron chi connectivity index (χ2n) is 16.9. The molecule has 0 bridgehead atoms. The quantitative estimate of drug-likeness (QED) is 0.123. The van der Waals surface area contributed by atoms with Crippen LogP contribution >= 0.6 is 0 Å². The first-order valence-corrected chi connectivity index (χ1v) is 22.0. The molecule has 1 aliphatic carbocycles. The molecule has 13 nitrogen and oxygen atoms in total. The molecule has 2 aromatic heterocycles. The molecule has 1 saturated carbocycles. The Balaban J connectivity index is 0.815. The van der Waals surface area contributed by atoms with Gasteiger partial charge in [-0.25, -0.2) is 14.8 Å². The maximum Gasteiger partial charge on any atom is 0.407 e. The number of methoxy groups -OCH3 is 1. The van der Waals surface area contributed by atoms with Crippen LogP contribution < -0.4 is 5.32 Å². The second kappa shape index (κ2) is 18.4. The third-order valence-corrected chi connectivity index (χ3v) is 13.4. The molecule has 3 N–H and O–H groups in total. The van der Waals surface area contributed by atoms with Crippen molar-refractivity contribution in [1.29, 1.82) is 0 Å². The topological polar surface area (TPSA) is 149 Å². The van der Waals surface area contributed by atoms with E-state index in [2.05, 4.69) is 56.6 Å². The van der Waals surface area contributed by atoms with Gasteiger partial charge in [0.2, 0.25) is 5.91 Å². The number of carbonyl (C=O) groups excluding carboxylic acids is 3. The number of carbonyl (C=O) groups is 3. The normalized spacial score (nSPS) is 23.1. The smallest absolute Gasteiger partial charge is 0.407 e. The lowest BCUT2D eigenvalue weighted by Gasteiger charge is -2.37. The van der Waals surface area contributed by atoms with Crippen LogP contribution in [0.4, 0.5) is 4.79 Å². The first-order chi connectivity index (χ1) is 29.9. The minimum absolute atomic E-state index is 0.0872. The fourth-order valence-corrected chi connectivity index (χ4v) is 10.1. The molecule has 3 saturated heterocycles. The van der Waals surface area contributed by atoms with Gasteiger partial charge in [-0.05, 0) is 79.5 Å². The number of imidazole rings is 2. The summed E-state index contributed by atoms with van der Waals surface area (Å²) in [5.74, 6) is 2.48. The lowest BCUT2D eigenvalue weighted by atomic mass is 9.77. The van der Waals surface area contributed by atoms with Crippen molar-refractivity contribution < 1.29 is 23.9 Å². The predicted octanol–water partition coefficient (Wildman–Crippen LogP) is 7.74. The van der Waals surface area contributed by atoms with Gasteiger partial charge in [0.05, 0.1) is 44.3 Å². The van der Waals surface area contributed by atoms with Gasteiger partial charge in [-0.3, -0.25) is 14.5 Å². The Morgan fingerprint density at radius 2 is 1.28 bits per heavy atom. The summed E-state index contributed by atoms with van der Waals surface area (Å²) < 4.78 is 10.5. The summed E-state index contributed by atoms with van der Waals surface area (Å²) in [5.41, 5.74) is 6.26. The largest absolute Gasteiger partial charge is 0.453 e. The molecule has 5 aromatic rings. The summed E-state index contributed by atoms with van der Waals surface area (Å²) in [6, 6.07) is 26.9. The number of benzene rings is 3. The van der Waals surface area contributed by atoms with E-state index in [1.54, 1.807) is 0 Å². The molecule has 3 aliphatic heterocycles. The van der Waals surface area contributed by atoms with Gasteiger partial charge < -0.3 is 34.6 Å². The maximum absolute atomic E-state index is 14.4. The zero-order chi connectivity index (χ0) is 41.7. The minimum Gasteiger partial charge on any atom is -0.453 e. The lowest BCUT2D eigenvalue weighted by molar-refractivity contribution is -0.140. The van der Waals surface area contributed by atoms with E-state index in [9.17, 15) is 14.4 Å². The van der Waals surface area contributed by atoms with Crippen LogP contribution in [0.25, 0.3) is 11.3 Å². The molecule has 61 heavy (non-hydrogen) atoms. The number of hydrogen-bond donors (Lipinski definition) is 3. The number of alkyl carbamates (subject to hydrolysis) is 1. The molecule has 0 spiro atoms. The van der Waals surface area contributed by atoms with Crippen molar-refractivity contribution in [3.63, 3.8) is 0 Å². The van der Waals surface area contributed by atoms with Crippen LogP contribution in [0.5, 0.6) is 0 Å². The number of rotatable bonds is 11. The average molecular weight is 825 g/mol. The van der Waals surface area contributed by atoms with Crippen LogP contribution in [0.15, 0.2) is 97.3 Å². The standard InChI is InChI=1S/C48H56N8O5/c1-60-48(59)53-42(36-10-4-2-5-11-36)46(57)55-24-8-14-40(55)44-49-30-38(51-44)34-20-16-32(17-21-34)33-18-22-35(23-19-33)39-31-50-45(52-39)41-15-9-25-56(41)47(58)43(37-12-6-3-7-13-37)54-26-28-61-29-27-54/h2-7,10-13,18-19,22-23,30-32,34,40-43H,8-9,14-17,20-21,24-29H2,1H3,(H,49,51)(H,50,52)(H,53,59)/t32?,34?,40-,41-,42+,43+/m0/s1. The molecular weight excluding hydrogens is 769 g/mol. The molecule has 3 aromatic carbocycles. The molecule has 13 heteroatoms. The molecule has 0 unspecified atom stereocenters. The van der Waals surface area contributed by atoms with Crippen molar-refractivity contribution in [2.24, 2.45) is 0 Å². The van der Waals surface area contributed by atoms with Crippen LogP contribution in [-0.4, -0.2) is 99.0 Å². The molecule has 5 heterocycles. The Labute approximate surface area is 357 Å². The Morgan fingerprint density at radius 3 is 1.93 bits per heavy atom. The van der Waals surface area contributed by atoms with E-state index in [0.29, 0.717) is 37.2 Å². The van der Waals surface area contributed by atoms with E-state index in [4.69, 9.17) is 19.4 Å². The van der Waals surface area contributed by atoms with Crippen molar-refractivity contribution in [2.45, 2.75) is 87.4 Å². The van der Waals surface area contributed by atoms with Crippen LogP contribution in [-0.2, 0) is 19.1 Å². The highest BCUT2D eigenvalue weighted by molar-refractivity contribution is 5.87. The number of H-pyrrole nitrogens is 2. The summed E-state index contributed by atoms with van der Waals surface area (Å²) in [6.07, 6.45) is 11.0. The predicted molar refractivity (Wildman–Crippen MR) is 230 cm³/mol. The van der Waals surface area contributed by atoms with Gasteiger partial charge in [0.1, 0.15) is 23.7 Å². The van der Waals surface area contributed by atoms with E-state index in [1.165, 1.54) is 12.7 Å². The Bertz CT molecular complexity index is 2250. The molecule has 4 aliphatic rings. The van der Waals surface area contributed by atoms with Crippen LogP contribution in [0.2, 0.25) is 0 Å². The zero-order valence-electron chi connectivity index (χ0n) is 34.9. The summed E-state index contributed by atoms with van der Waals surface area (Å²) in [7, 11) is 1.30. The van der Waals surface area contributed by atoms with Crippen molar-refractivity contribution in [3.8, 4) is 11.3 Å². The number of nitrogens with one attached hydrogen (secondary N) is 3. The van der Waals surface area contributed by atoms with E-state index in [0.717, 1.165) is 105 Å². The monoisotopic (exact) mass is 824 g/mol. The highest BCUT2D eigenvalue weighted by Gasteiger charge is 2.40. The Hall–Kier alpha value is -5.79. The van der Waals surface area contributed by atoms with Crippen molar-refractivity contribution in [2.75, 3.05) is 46.5 Å². The van der Waals surface area contributed by atoms with Crippen LogP contribution in [0.1, 0.15) is 121 Å². The van der Waals surface area contributed by atoms with Gasteiger partial charge in [-0.2, -0.15) is 0 Å². The van der Waals surface area contributed by atoms with Crippen molar-refractivity contribution in [1.82, 2.24) is 40.0 Å². The summed E-state index contributed by atoms with van der Waals surface area (Å²) >= 11 is 0. The maximum atomic E-state index is 14.4. The summed E-state index contributed by atoms with van der Waals surface area (Å²) in [5, 5.41) is 2.75. The highest BCUT2D eigenvalue weighted by atomic mass is 16.5. The van der Waals surface area contributed by atoms with Gasteiger partial charge in [0, 0.05) is 44.0 Å². The van der Waals surface area contributed by atoms with E-state index in [1.807, 2.05) is 70.7 Å². The Kier molecular flexibility index (Phi) is 12.3. The number of nitrogens with zero attached hydrogens (tertiary/aromatic N) is 5. The molecule has 4 fully saturated rings. The van der Waals surface area contributed by atoms with Gasteiger partial charge in [-0.1, -0.05) is 84.9 Å². The summed E-state index contributed by atoms with van der Waals surface area (Å²) in [4.78, 5) is 63.6. The SMILES string of the molecule is COC(=O)N[C@@H](C(=O)N1CCC[C@H]1c1ncc(C2CCC(c3ccc(-c4cnc([C@@H]5CCCN5C(=O)[C@@H](c5ccccc5)N5CCOCC5)[nH]4)cc3)CC2)[nH]1)c1ccccc1. The van der Waals surface area contributed by atoms with E-state index in [-0.39, 0.29) is 29.9 Å². The molecular formula is C48H56N8O5. The number of aromatic amines is 2. The van der Waals surface area contributed by atoms with Crippen molar-refractivity contribution in [3.05, 3.63) is 131 Å². The fraction of sp³-hybridized carbons (Fsp3) is 0.438. The third-order valence-electron chi connectivity index (χ3n) is 13.4. The molecule has 0 radical (unpaired) electrons. The van der Waals surface area contributed by atoms with Crippen LogP contribution in [0, 0.1) is 0 Å². The first-order valence-electron chi connectivity index (χ1n) is 22.0. The van der Waals surface area contributed by atoms with Gasteiger partial charge >= 0.3 is 6.09 Å². The average Bonchev–Trinajstić information content (AvgIpc) is 4.17. The highest BCUT2D eigenvalue weighted by Crippen LogP contribution is 2.42. The number of ether oxygens (including phenoxy) is 2. The Morgan fingerprint density at radius 1 is 0.689 bits per heavy atom. The van der Waals surface area contributed by atoms with Crippen LogP contribution in [0.3, 0.4) is 0 Å². The number of likely N-dealkylation sites (tertiary alicyclic amines) is 2. The number of aromatic nitrogens is 4. The summed E-state index contributed by atoms with van der Waals surface area (Å²) in [6.45, 7) is 4.06. The van der Waals surface area contributed by atoms with E-state index < -0.39 is 12.1 Å². The number of morpholine rings is 1. The first kappa shape index (κ1) is 40.6. The number of hydrogen-bond acceptors (Lipinski definition) is 8. The fourth-order valence-electron chi connectivity index (χ4n) is 10.1. The third kappa shape index (κ3) is 8.72. The second-order valence-corrected chi connectivity index (χ2v) is 16.9. The lowest BCUT2D eigenvalue weighted by Crippen LogP contribution is -2.47. The number of amides is 3. The zero-order valence-corrected chi connectivity index (χ0v) is 34.9. The van der Waals surface area contributed by atoms with Crippen molar-refractivity contribution >= 4 is 17.9 Å². The molecule has 4 atom stereocenters. The van der Waals surface area contributed by atoms with Gasteiger partial charge in [0.15, 0.2) is 0 Å².